The third-order valence-corrected chi connectivity index (χ3v) is 6.49. The second-order valence-corrected chi connectivity index (χ2v) is 7.89. The molecule has 3 nitrogen and oxygen atoms in total. The zero-order valence-electron chi connectivity index (χ0n) is 12.0. The van der Waals surface area contributed by atoms with E-state index in [4.69, 9.17) is 11.6 Å². The third kappa shape index (κ3) is 3.18. The summed E-state index contributed by atoms with van der Waals surface area (Å²) in [4.78, 5) is 0.353. The molecule has 1 aliphatic carbocycles. The molecule has 20 heavy (non-hydrogen) atoms. The van der Waals surface area contributed by atoms with Crippen LogP contribution in [0.15, 0.2) is 29.2 Å². The second kappa shape index (κ2) is 6.46. The van der Waals surface area contributed by atoms with Crippen molar-refractivity contribution >= 4 is 21.6 Å². The molecule has 1 aliphatic rings. The smallest absolute Gasteiger partial charge is 0.207 e. The average Bonchev–Trinajstić information content (AvgIpc) is 2.47. The van der Waals surface area contributed by atoms with Crippen molar-refractivity contribution in [1.29, 1.82) is 0 Å². The van der Waals surface area contributed by atoms with Gasteiger partial charge in [0.2, 0.25) is 10.0 Å². The number of hydrogen-bond donors (Lipinski definition) is 0. The molecular formula is C15H22ClNO2S. The van der Waals surface area contributed by atoms with Gasteiger partial charge in [-0.1, -0.05) is 31.9 Å². The highest BCUT2D eigenvalue weighted by Crippen LogP contribution is 2.30. The molecule has 0 saturated heterocycles. The number of hydrogen-bond acceptors (Lipinski definition) is 2. The Bertz CT molecular complexity index is 541. The molecule has 5 heteroatoms. The van der Waals surface area contributed by atoms with E-state index in [1.165, 1.54) is 6.42 Å². The van der Waals surface area contributed by atoms with Gasteiger partial charge in [-0.3, -0.25) is 0 Å². The highest BCUT2D eigenvalue weighted by Gasteiger charge is 2.32. The van der Waals surface area contributed by atoms with Crippen LogP contribution in [0.4, 0.5) is 0 Å². The maximum atomic E-state index is 12.7. The van der Waals surface area contributed by atoms with Crippen LogP contribution in [0.25, 0.3) is 0 Å². The zero-order valence-corrected chi connectivity index (χ0v) is 13.6. The van der Waals surface area contributed by atoms with E-state index in [1.54, 1.807) is 35.6 Å². The highest BCUT2D eigenvalue weighted by atomic mass is 35.5. The summed E-state index contributed by atoms with van der Waals surface area (Å²) < 4.78 is 26.9. The third-order valence-electron chi connectivity index (χ3n) is 4.29. The van der Waals surface area contributed by atoms with Crippen LogP contribution in [0.5, 0.6) is 0 Å². The first-order valence-corrected chi connectivity index (χ1v) is 9.07. The summed E-state index contributed by atoms with van der Waals surface area (Å²) in [7, 11) is -1.70. The van der Waals surface area contributed by atoms with Crippen molar-refractivity contribution in [3.63, 3.8) is 0 Å². The molecule has 0 bridgehead atoms. The summed E-state index contributed by atoms with van der Waals surface area (Å²) in [5.41, 5.74) is 0.930. The Morgan fingerprint density at radius 2 is 1.80 bits per heavy atom. The Labute approximate surface area is 127 Å². The summed E-state index contributed by atoms with van der Waals surface area (Å²) in [6.45, 7) is 2.15. The van der Waals surface area contributed by atoms with Gasteiger partial charge in [0.1, 0.15) is 0 Å². The monoisotopic (exact) mass is 315 g/mol. The minimum Gasteiger partial charge on any atom is -0.207 e. The largest absolute Gasteiger partial charge is 0.243 e. The molecule has 0 N–H and O–H groups in total. The van der Waals surface area contributed by atoms with E-state index in [9.17, 15) is 8.42 Å². The van der Waals surface area contributed by atoms with Gasteiger partial charge < -0.3 is 0 Å². The van der Waals surface area contributed by atoms with Gasteiger partial charge in [0.25, 0.3) is 0 Å². The quantitative estimate of drug-likeness (QED) is 0.796. The summed E-state index contributed by atoms with van der Waals surface area (Å²) in [6, 6.07) is 6.96. The molecule has 2 atom stereocenters. The van der Waals surface area contributed by atoms with Gasteiger partial charge in [0.05, 0.1) is 4.90 Å². The minimum atomic E-state index is -3.41. The summed E-state index contributed by atoms with van der Waals surface area (Å²) in [5.74, 6) is 0.821. The van der Waals surface area contributed by atoms with E-state index >= 15 is 0 Å². The summed E-state index contributed by atoms with van der Waals surface area (Å²) in [6.07, 6.45) is 4.38. The van der Waals surface area contributed by atoms with Crippen molar-refractivity contribution in [3.8, 4) is 0 Å². The van der Waals surface area contributed by atoms with Crippen LogP contribution < -0.4 is 0 Å². The van der Waals surface area contributed by atoms with Crippen molar-refractivity contribution in [2.45, 2.75) is 49.4 Å². The molecule has 0 amide bonds. The first kappa shape index (κ1) is 15.8. The van der Waals surface area contributed by atoms with E-state index in [2.05, 4.69) is 6.92 Å². The van der Waals surface area contributed by atoms with Crippen LogP contribution in [-0.4, -0.2) is 25.8 Å². The summed E-state index contributed by atoms with van der Waals surface area (Å²) >= 11 is 5.74. The van der Waals surface area contributed by atoms with Crippen molar-refractivity contribution < 1.29 is 8.42 Å². The van der Waals surface area contributed by atoms with Crippen LogP contribution in [0.2, 0.25) is 0 Å². The molecule has 1 fully saturated rings. The molecule has 2 rings (SSSR count). The Balaban J connectivity index is 2.23. The number of rotatable bonds is 4. The molecule has 1 aromatic carbocycles. The van der Waals surface area contributed by atoms with Crippen LogP contribution in [0, 0.1) is 5.92 Å². The molecular weight excluding hydrogens is 294 g/mol. The normalized spacial score (nSPS) is 24.0. The van der Waals surface area contributed by atoms with E-state index in [-0.39, 0.29) is 6.04 Å². The molecule has 0 aromatic heterocycles. The number of sulfonamides is 1. The van der Waals surface area contributed by atoms with Crippen LogP contribution in [0.3, 0.4) is 0 Å². The Morgan fingerprint density at radius 1 is 1.20 bits per heavy atom. The minimum absolute atomic E-state index is 0.112. The van der Waals surface area contributed by atoms with Crippen molar-refractivity contribution in [3.05, 3.63) is 29.8 Å². The fourth-order valence-electron chi connectivity index (χ4n) is 2.93. The predicted molar refractivity (Wildman–Crippen MR) is 82.4 cm³/mol. The van der Waals surface area contributed by atoms with Gasteiger partial charge in [-0.25, -0.2) is 8.42 Å². The molecule has 0 radical (unpaired) electrons. The standard InChI is InChI=1S/C15H22ClNO2S/c1-12-5-3-4-6-15(12)17(2)20(18,19)14-9-7-13(11-16)8-10-14/h7-10,12,15H,3-6,11H2,1-2H3. The van der Waals surface area contributed by atoms with Crippen LogP contribution in [0.1, 0.15) is 38.2 Å². The van der Waals surface area contributed by atoms with Gasteiger partial charge in [-0.05, 0) is 36.5 Å². The van der Waals surface area contributed by atoms with E-state index in [0.717, 1.165) is 24.8 Å². The fourth-order valence-corrected chi connectivity index (χ4v) is 4.59. The van der Waals surface area contributed by atoms with Gasteiger partial charge in [-0.15, -0.1) is 11.6 Å². The average molecular weight is 316 g/mol. The van der Waals surface area contributed by atoms with Crippen molar-refractivity contribution in [2.75, 3.05) is 7.05 Å². The Hall–Kier alpha value is -0.580. The van der Waals surface area contributed by atoms with Crippen LogP contribution >= 0.6 is 11.6 Å². The van der Waals surface area contributed by atoms with E-state index < -0.39 is 10.0 Å². The maximum absolute atomic E-state index is 12.7. The molecule has 0 heterocycles. The van der Waals surface area contributed by atoms with Crippen LogP contribution in [-0.2, 0) is 15.9 Å². The zero-order chi connectivity index (χ0) is 14.8. The molecule has 1 saturated carbocycles. The fraction of sp³-hybridized carbons (Fsp3) is 0.600. The molecule has 1 aromatic rings. The molecule has 0 spiro atoms. The highest BCUT2D eigenvalue weighted by molar-refractivity contribution is 7.89. The van der Waals surface area contributed by atoms with Gasteiger partial charge in [-0.2, -0.15) is 4.31 Å². The maximum Gasteiger partial charge on any atom is 0.243 e. The Kier molecular flexibility index (Phi) is 5.10. The van der Waals surface area contributed by atoms with Crippen molar-refractivity contribution in [1.82, 2.24) is 4.31 Å². The van der Waals surface area contributed by atoms with E-state index in [0.29, 0.717) is 16.7 Å². The second-order valence-electron chi connectivity index (χ2n) is 5.63. The lowest BCUT2D eigenvalue weighted by atomic mass is 9.86. The van der Waals surface area contributed by atoms with Gasteiger partial charge in [0, 0.05) is 19.0 Å². The molecule has 0 aliphatic heterocycles. The van der Waals surface area contributed by atoms with Gasteiger partial charge >= 0.3 is 0 Å². The first-order chi connectivity index (χ1) is 9.46. The topological polar surface area (TPSA) is 37.4 Å². The predicted octanol–water partition coefficient (Wildman–Crippen LogP) is 3.62. The van der Waals surface area contributed by atoms with Crippen molar-refractivity contribution in [2.24, 2.45) is 5.92 Å². The van der Waals surface area contributed by atoms with E-state index in [1.807, 2.05) is 0 Å². The number of benzene rings is 1. The lowest BCUT2D eigenvalue weighted by molar-refractivity contribution is 0.213. The summed E-state index contributed by atoms with van der Waals surface area (Å²) in [5, 5.41) is 0. The number of alkyl halides is 1. The first-order valence-electron chi connectivity index (χ1n) is 7.09. The number of nitrogens with zero attached hydrogens (tertiary/aromatic N) is 1. The Morgan fingerprint density at radius 3 is 2.35 bits per heavy atom. The lowest BCUT2D eigenvalue weighted by Crippen LogP contribution is -2.42. The molecule has 2 unspecified atom stereocenters. The van der Waals surface area contributed by atoms with Gasteiger partial charge in [0.15, 0.2) is 0 Å². The molecule has 112 valence electrons. The number of halogens is 1. The lowest BCUT2D eigenvalue weighted by Gasteiger charge is -2.35. The SMILES string of the molecule is CC1CCCCC1N(C)S(=O)(=O)c1ccc(CCl)cc1.